The van der Waals surface area contributed by atoms with E-state index in [2.05, 4.69) is 0 Å². The summed E-state index contributed by atoms with van der Waals surface area (Å²) < 4.78 is 10.4. The summed E-state index contributed by atoms with van der Waals surface area (Å²) in [5.74, 6) is 0.0246. The molecule has 0 saturated heterocycles. The summed E-state index contributed by atoms with van der Waals surface area (Å²) in [6, 6.07) is 7.13. The van der Waals surface area contributed by atoms with Crippen LogP contribution in [0, 0.1) is 16.7 Å². The molecule has 4 nitrogen and oxygen atoms in total. The number of rotatable bonds is 4. The van der Waals surface area contributed by atoms with E-state index in [1.54, 1.807) is 18.2 Å². The van der Waals surface area contributed by atoms with Crippen LogP contribution in [-0.4, -0.2) is 19.2 Å². The van der Waals surface area contributed by atoms with Gasteiger partial charge < -0.3 is 9.47 Å². The molecule has 0 aliphatic rings. The number of benzene rings is 1. The van der Waals surface area contributed by atoms with Gasteiger partial charge in [-0.15, -0.1) is 0 Å². The molecule has 0 heterocycles. The standard InChI is InChI=1S/C15H18ClNO3/c1-15(2,3)13(9-17)20-14(18)8-10-11(16)6-5-7-12(10)19-4/h5-7,13H,8H2,1-4H3. The number of hydrogen-bond acceptors (Lipinski definition) is 4. The van der Waals surface area contributed by atoms with Gasteiger partial charge in [0.15, 0.2) is 6.10 Å². The van der Waals surface area contributed by atoms with Crippen LogP contribution in [0.5, 0.6) is 5.75 Å². The predicted octanol–water partition coefficient (Wildman–Crippen LogP) is 3.37. The minimum atomic E-state index is -0.802. The lowest BCUT2D eigenvalue weighted by Crippen LogP contribution is -2.30. The molecular weight excluding hydrogens is 278 g/mol. The van der Waals surface area contributed by atoms with E-state index in [1.807, 2.05) is 26.8 Å². The van der Waals surface area contributed by atoms with E-state index in [9.17, 15) is 4.79 Å². The molecule has 0 radical (unpaired) electrons. The normalized spacial score (nSPS) is 12.4. The smallest absolute Gasteiger partial charge is 0.311 e. The number of methoxy groups -OCH3 is 1. The van der Waals surface area contributed by atoms with E-state index < -0.39 is 17.5 Å². The van der Waals surface area contributed by atoms with Gasteiger partial charge in [0.05, 0.1) is 13.5 Å². The lowest BCUT2D eigenvalue weighted by atomic mass is 9.90. The SMILES string of the molecule is COc1cccc(Cl)c1CC(=O)OC(C#N)C(C)(C)C. The van der Waals surface area contributed by atoms with Gasteiger partial charge in [-0.25, -0.2) is 0 Å². The average molecular weight is 296 g/mol. The van der Waals surface area contributed by atoms with Crippen LogP contribution >= 0.6 is 11.6 Å². The molecular formula is C15H18ClNO3. The van der Waals surface area contributed by atoms with Crippen LogP contribution in [0.15, 0.2) is 18.2 Å². The van der Waals surface area contributed by atoms with Crippen molar-refractivity contribution in [3.8, 4) is 11.8 Å². The summed E-state index contributed by atoms with van der Waals surface area (Å²) in [5.41, 5.74) is 0.127. The number of ether oxygens (including phenoxy) is 2. The molecule has 1 aromatic rings. The molecule has 108 valence electrons. The van der Waals surface area contributed by atoms with Gasteiger partial charge in [-0.05, 0) is 12.1 Å². The fraction of sp³-hybridized carbons (Fsp3) is 0.467. The van der Waals surface area contributed by atoms with Gasteiger partial charge >= 0.3 is 5.97 Å². The number of carbonyl (C=O) groups is 1. The van der Waals surface area contributed by atoms with Crippen LogP contribution in [0.4, 0.5) is 0 Å². The first-order valence-corrected chi connectivity index (χ1v) is 6.58. The number of esters is 1. The molecule has 0 fully saturated rings. The molecule has 20 heavy (non-hydrogen) atoms. The quantitative estimate of drug-likeness (QED) is 0.799. The number of nitrogens with zero attached hydrogens (tertiary/aromatic N) is 1. The van der Waals surface area contributed by atoms with E-state index in [0.29, 0.717) is 16.3 Å². The number of carbonyl (C=O) groups excluding carboxylic acids is 1. The molecule has 0 aliphatic carbocycles. The van der Waals surface area contributed by atoms with Crippen LogP contribution in [0.25, 0.3) is 0 Å². The van der Waals surface area contributed by atoms with Crippen LogP contribution < -0.4 is 4.74 Å². The second-order valence-electron chi connectivity index (χ2n) is 5.46. The molecule has 1 rings (SSSR count). The zero-order valence-electron chi connectivity index (χ0n) is 12.1. The van der Waals surface area contributed by atoms with Gasteiger partial charge in [0.25, 0.3) is 0 Å². The number of halogens is 1. The Hall–Kier alpha value is -1.73. The number of nitriles is 1. The lowest BCUT2D eigenvalue weighted by molar-refractivity contribution is -0.149. The van der Waals surface area contributed by atoms with Crippen molar-refractivity contribution >= 4 is 17.6 Å². The first kappa shape index (κ1) is 16.3. The predicted molar refractivity (Wildman–Crippen MR) is 76.7 cm³/mol. The Kier molecular flexibility index (Phi) is 5.41. The van der Waals surface area contributed by atoms with E-state index in [4.69, 9.17) is 26.3 Å². The molecule has 0 bridgehead atoms. The summed E-state index contributed by atoms with van der Waals surface area (Å²) in [6.45, 7) is 5.51. The molecule has 0 amide bonds. The molecule has 1 atom stereocenters. The monoisotopic (exact) mass is 295 g/mol. The Morgan fingerprint density at radius 3 is 2.60 bits per heavy atom. The molecule has 0 aliphatic heterocycles. The third-order valence-electron chi connectivity index (χ3n) is 2.77. The summed E-state index contributed by atoms with van der Waals surface area (Å²) in [5, 5.41) is 9.49. The van der Waals surface area contributed by atoms with Gasteiger partial charge in [0, 0.05) is 16.0 Å². The second-order valence-corrected chi connectivity index (χ2v) is 5.87. The van der Waals surface area contributed by atoms with E-state index in [0.717, 1.165) is 0 Å². The summed E-state index contributed by atoms with van der Waals surface area (Å²) in [4.78, 5) is 12.0. The molecule has 0 aromatic heterocycles. The van der Waals surface area contributed by atoms with E-state index in [1.165, 1.54) is 7.11 Å². The Bertz CT molecular complexity index is 529. The average Bonchev–Trinajstić information content (AvgIpc) is 2.37. The van der Waals surface area contributed by atoms with Crippen LogP contribution in [0.3, 0.4) is 0 Å². The maximum atomic E-state index is 12.0. The van der Waals surface area contributed by atoms with Crippen molar-refractivity contribution < 1.29 is 14.3 Å². The first-order valence-electron chi connectivity index (χ1n) is 6.20. The van der Waals surface area contributed by atoms with Crippen molar-refractivity contribution in [1.29, 1.82) is 5.26 Å². The second kappa shape index (κ2) is 6.62. The number of hydrogen-bond donors (Lipinski definition) is 0. The highest BCUT2D eigenvalue weighted by Gasteiger charge is 2.28. The van der Waals surface area contributed by atoms with Crippen molar-refractivity contribution in [1.82, 2.24) is 0 Å². The van der Waals surface area contributed by atoms with Gasteiger partial charge in [0.2, 0.25) is 0 Å². The van der Waals surface area contributed by atoms with Crippen LogP contribution in [-0.2, 0) is 16.0 Å². The first-order chi connectivity index (χ1) is 9.29. The highest BCUT2D eigenvalue weighted by atomic mass is 35.5. The third-order valence-corrected chi connectivity index (χ3v) is 3.12. The topological polar surface area (TPSA) is 59.3 Å². The van der Waals surface area contributed by atoms with Crippen molar-refractivity contribution in [3.05, 3.63) is 28.8 Å². The molecule has 5 heteroatoms. The molecule has 0 spiro atoms. The summed E-state index contributed by atoms with van der Waals surface area (Å²) >= 11 is 6.06. The highest BCUT2D eigenvalue weighted by Crippen LogP contribution is 2.28. The molecule has 1 unspecified atom stereocenters. The third kappa shape index (κ3) is 4.14. The minimum Gasteiger partial charge on any atom is -0.496 e. The van der Waals surface area contributed by atoms with Crippen molar-refractivity contribution in [2.45, 2.75) is 33.3 Å². The van der Waals surface area contributed by atoms with E-state index >= 15 is 0 Å². The van der Waals surface area contributed by atoms with Gasteiger partial charge in [-0.3, -0.25) is 4.79 Å². The Morgan fingerprint density at radius 2 is 2.10 bits per heavy atom. The largest absolute Gasteiger partial charge is 0.496 e. The summed E-state index contributed by atoms with van der Waals surface area (Å²) in [6.07, 6.45) is -0.833. The summed E-state index contributed by atoms with van der Waals surface area (Å²) in [7, 11) is 1.51. The maximum absolute atomic E-state index is 12.0. The van der Waals surface area contributed by atoms with Gasteiger partial charge in [-0.2, -0.15) is 5.26 Å². The fourth-order valence-electron chi connectivity index (χ4n) is 1.62. The van der Waals surface area contributed by atoms with Gasteiger partial charge in [-0.1, -0.05) is 38.4 Å². The molecule has 0 saturated carbocycles. The maximum Gasteiger partial charge on any atom is 0.311 e. The highest BCUT2D eigenvalue weighted by molar-refractivity contribution is 6.31. The minimum absolute atomic E-state index is 0.0306. The Morgan fingerprint density at radius 1 is 1.45 bits per heavy atom. The van der Waals surface area contributed by atoms with Crippen molar-refractivity contribution in [3.63, 3.8) is 0 Å². The van der Waals surface area contributed by atoms with Gasteiger partial charge in [0.1, 0.15) is 11.8 Å². The van der Waals surface area contributed by atoms with Crippen LogP contribution in [0.2, 0.25) is 5.02 Å². The Labute approximate surface area is 124 Å². The van der Waals surface area contributed by atoms with Crippen LogP contribution in [0.1, 0.15) is 26.3 Å². The Balaban J connectivity index is 2.85. The molecule has 1 aromatic carbocycles. The van der Waals surface area contributed by atoms with E-state index in [-0.39, 0.29) is 6.42 Å². The lowest BCUT2D eigenvalue weighted by Gasteiger charge is -2.24. The van der Waals surface area contributed by atoms with Crippen molar-refractivity contribution in [2.24, 2.45) is 5.41 Å². The molecule has 0 N–H and O–H groups in total. The zero-order chi connectivity index (χ0) is 15.3. The van der Waals surface area contributed by atoms with Crippen molar-refractivity contribution in [2.75, 3.05) is 7.11 Å². The zero-order valence-corrected chi connectivity index (χ0v) is 12.8. The fourth-order valence-corrected chi connectivity index (χ4v) is 1.85.